The molecule has 7 N–H and O–H groups in total. The molecule has 1 unspecified atom stereocenters. The Morgan fingerprint density at radius 2 is 1.59 bits per heavy atom. The number of nitrogens with zero attached hydrogens (tertiary/aromatic N) is 3. The maximum atomic E-state index is 15.4. The zero-order chi connectivity index (χ0) is 59.2. The number of carboxylic acid groups (broad SMARTS) is 1. The van der Waals surface area contributed by atoms with Gasteiger partial charge < -0.3 is 46.1 Å². The summed E-state index contributed by atoms with van der Waals surface area (Å²) in [6, 6.07) is 8.76. The smallest absolute Gasteiger partial charge is 0.343 e. The number of fused-ring (bicyclic) bond motifs is 5. The van der Waals surface area contributed by atoms with Crippen molar-refractivity contribution in [2.75, 3.05) is 19.6 Å². The predicted molar refractivity (Wildman–Crippen MR) is 288 cm³/mol. The molecule has 23 nitrogen and oxygen atoms in total. The minimum atomic E-state index is -2.05. The van der Waals surface area contributed by atoms with Crippen molar-refractivity contribution in [3.63, 3.8) is 0 Å². The molecule has 1 aliphatic carbocycles. The Morgan fingerprint density at radius 3 is 2.29 bits per heavy atom. The quantitative estimate of drug-likeness (QED) is 0.0237. The van der Waals surface area contributed by atoms with Crippen molar-refractivity contribution in [2.45, 2.75) is 148 Å². The predicted octanol–water partition coefficient (Wildman–Crippen LogP) is 2.20. The fourth-order valence-corrected chi connectivity index (χ4v) is 11.1. The monoisotopic (exact) mass is 1130 g/mol. The van der Waals surface area contributed by atoms with Gasteiger partial charge >= 0.3 is 11.9 Å². The van der Waals surface area contributed by atoms with Crippen molar-refractivity contribution in [2.24, 2.45) is 5.92 Å². The first-order valence-corrected chi connectivity index (χ1v) is 27.5. The molecule has 0 radical (unpaired) electrons. The molecular weight excluding hydrogens is 1070 g/mol. The van der Waals surface area contributed by atoms with Crippen molar-refractivity contribution < 1.29 is 72.1 Å². The fraction of sp³-hybridized carbons (Fsp3) is 0.466. The van der Waals surface area contributed by atoms with Gasteiger partial charge in [0, 0.05) is 93.0 Å². The van der Waals surface area contributed by atoms with Crippen LogP contribution in [0.4, 0.5) is 4.39 Å². The minimum absolute atomic E-state index is 0.00454. The molecule has 0 bridgehead atoms. The van der Waals surface area contributed by atoms with Crippen LogP contribution >= 0.6 is 0 Å². The number of imide groups is 1. The molecule has 82 heavy (non-hydrogen) atoms. The van der Waals surface area contributed by atoms with Crippen molar-refractivity contribution >= 4 is 75.8 Å². The number of cyclic esters (lactones) is 1. The molecule has 8 rings (SSSR count). The zero-order valence-corrected chi connectivity index (χ0v) is 45.7. The minimum Gasteiger partial charge on any atom is -0.481 e. The highest BCUT2D eigenvalue weighted by Gasteiger charge is 2.46. The molecule has 4 aromatic rings. The molecule has 3 aliphatic heterocycles. The maximum absolute atomic E-state index is 15.4. The van der Waals surface area contributed by atoms with E-state index in [0.717, 1.165) is 16.0 Å². The van der Waals surface area contributed by atoms with Gasteiger partial charge in [-0.2, -0.15) is 0 Å². The normalized spacial score (nSPS) is 18.4. The summed E-state index contributed by atoms with van der Waals surface area (Å²) in [4.78, 5) is 160. The molecule has 434 valence electrons. The van der Waals surface area contributed by atoms with Crippen LogP contribution in [-0.4, -0.2) is 121 Å². The Kier molecular flexibility index (Phi) is 18.5. The third kappa shape index (κ3) is 13.0. The van der Waals surface area contributed by atoms with Crippen LogP contribution in [-0.2, 0) is 89.1 Å². The molecule has 5 atom stereocenters. The summed E-state index contributed by atoms with van der Waals surface area (Å²) in [5, 5.41) is 34.6. The molecule has 1 saturated heterocycles. The molecule has 4 aliphatic rings. The molecular formula is C58H65FN8O15. The number of ketones is 2. The number of Topliss-reactive ketones (excluding diaryl/α,β-unsaturated/α-hetero) is 2. The largest absolute Gasteiger partial charge is 0.481 e. The van der Waals surface area contributed by atoms with Gasteiger partial charge in [-0.25, -0.2) is 14.2 Å². The summed E-state index contributed by atoms with van der Waals surface area (Å²) in [7, 11) is 0. The topological polar surface area (TPSA) is 336 Å². The van der Waals surface area contributed by atoms with E-state index < -0.39 is 113 Å². The molecule has 0 spiro atoms. The van der Waals surface area contributed by atoms with Gasteiger partial charge in [-0.15, -0.1) is 0 Å². The Balaban J connectivity index is 0.794. The lowest BCUT2D eigenvalue weighted by atomic mass is 9.81. The first-order valence-electron chi connectivity index (χ1n) is 27.5. The average molecular weight is 1130 g/mol. The van der Waals surface area contributed by atoms with Gasteiger partial charge in [-0.1, -0.05) is 44.2 Å². The highest BCUT2D eigenvalue weighted by Crippen LogP contribution is 2.46. The Labute approximate surface area is 469 Å². The first kappa shape index (κ1) is 59.6. The van der Waals surface area contributed by atoms with E-state index >= 15 is 4.39 Å². The van der Waals surface area contributed by atoms with Crippen molar-refractivity contribution in [1.82, 2.24) is 41.0 Å². The van der Waals surface area contributed by atoms with Crippen LogP contribution in [0.15, 0.2) is 47.3 Å². The first-order chi connectivity index (χ1) is 39.1. The number of rotatable bonds is 26. The van der Waals surface area contributed by atoms with Crippen molar-refractivity contribution in [3.8, 4) is 11.4 Å². The standard InChI is InChI=1S/C58H65FN8O15/c1-4-58(81)37-25-43-53-35(28-66(43)56(79)36(37)29-82-57(58)80)52-39(14-13-34-31(3)38(59)26-41(65-53)51(34)52)63-47(72)11-8-21-60-45(70)18-16-44(69)40(24-32-9-6-5-7-10-32)64-48(73)17-12-33(68)27-62-46(71)20-22-61-54(77)42(15-19-50(75)76)67-49(74)23-30(2)55(67)78/h5-7,9-10,25-26,30,39-40,42,81H,4,8,11-24,27-29H2,1-3H3,(H,60,70)(H,61,77)(H,62,71)(H,63,72)(H,64,73)(H,75,76)/t30?,39-,40-,42-,58-/m0/s1. The second-order valence-electron chi connectivity index (χ2n) is 21.2. The summed E-state index contributed by atoms with van der Waals surface area (Å²) in [5.41, 5.74) is 2.09. The van der Waals surface area contributed by atoms with E-state index in [2.05, 4.69) is 26.6 Å². The Hall–Kier alpha value is -8.54. The molecule has 0 saturated carbocycles. The molecule has 24 heteroatoms. The number of benzene rings is 2. The van der Waals surface area contributed by atoms with Crippen LogP contribution < -0.4 is 32.1 Å². The number of carbonyl (C=O) groups excluding carboxylic acids is 10. The number of aliphatic carboxylic acids is 1. The number of ether oxygens (including phenoxy) is 1. The molecule has 5 heterocycles. The number of pyridine rings is 2. The van der Waals surface area contributed by atoms with Gasteiger partial charge in [0.25, 0.3) is 5.56 Å². The van der Waals surface area contributed by atoms with Crippen LogP contribution in [0.1, 0.15) is 136 Å². The van der Waals surface area contributed by atoms with E-state index in [1.54, 1.807) is 50.2 Å². The molecule has 2 aromatic carbocycles. The number of likely N-dealkylation sites (tertiary alicyclic amines) is 1. The number of nitrogens with one attached hydrogen (secondary N) is 5. The number of hydrogen-bond donors (Lipinski definition) is 7. The average Bonchev–Trinajstić information content (AvgIpc) is 3.10. The number of hydrogen-bond acceptors (Lipinski definition) is 15. The van der Waals surface area contributed by atoms with Gasteiger partial charge in [0.15, 0.2) is 17.2 Å². The molecule has 7 amide bonds. The highest BCUT2D eigenvalue weighted by molar-refractivity contribution is 6.07. The van der Waals surface area contributed by atoms with Crippen LogP contribution in [0.2, 0.25) is 0 Å². The second kappa shape index (κ2) is 25.5. The number of amides is 7. The van der Waals surface area contributed by atoms with Gasteiger partial charge in [-0.3, -0.25) is 57.6 Å². The van der Waals surface area contributed by atoms with E-state index in [1.807, 2.05) is 0 Å². The van der Waals surface area contributed by atoms with Crippen molar-refractivity contribution in [1.29, 1.82) is 0 Å². The Morgan fingerprint density at radius 1 is 0.854 bits per heavy atom. The van der Waals surface area contributed by atoms with E-state index in [4.69, 9.17) is 14.8 Å². The van der Waals surface area contributed by atoms with Gasteiger partial charge in [0.05, 0.1) is 47.6 Å². The Bertz CT molecular complexity index is 3360. The van der Waals surface area contributed by atoms with Crippen LogP contribution in [0.3, 0.4) is 0 Å². The van der Waals surface area contributed by atoms with E-state index in [9.17, 15) is 62.6 Å². The van der Waals surface area contributed by atoms with Gasteiger partial charge in [0.1, 0.15) is 18.5 Å². The zero-order valence-electron chi connectivity index (χ0n) is 45.7. The number of aromatic nitrogens is 2. The molecule has 2 aromatic heterocycles. The lowest BCUT2D eigenvalue weighted by Crippen LogP contribution is -2.50. The SMILES string of the molecule is CC[C@@]1(O)C(=O)OCc2c1cc1n(c2=O)Cc2c-1nc1cc(F)c(C)c3c1c2[C@@H](NC(=O)CCCNC(=O)CCC(=O)[C@H](Cc1ccccc1)NC(=O)CCC(=O)CNC(=O)CCNC(=O)[C@H](CCC(=O)O)N1C(=O)CC(C)C1=O)CC3. The summed E-state index contributed by atoms with van der Waals surface area (Å²) in [6.45, 7) is 3.96. The number of carbonyl (C=O) groups is 11. The summed E-state index contributed by atoms with van der Waals surface area (Å²) < 4.78 is 22.1. The van der Waals surface area contributed by atoms with E-state index in [0.29, 0.717) is 51.8 Å². The van der Waals surface area contributed by atoms with Gasteiger partial charge in [-0.05, 0) is 73.8 Å². The van der Waals surface area contributed by atoms with Crippen LogP contribution in [0.25, 0.3) is 22.3 Å². The van der Waals surface area contributed by atoms with Crippen molar-refractivity contribution in [3.05, 3.63) is 97.6 Å². The van der Waals surface area contributed by atoms with Gasteiger partial charge in [0.2, 0.25) is 41.4 Å². The third-order valence-corrected chi connectivity index (χ3v) is 15.6. The lowest BCUT2D eigenvalue weighted by molar-refractivity contribution is -0.172. The number of aliphatic hydroxyl groups is 1. The second-order valence-corrected chi connectivity index (χ2v) is 21.2. The number of esters is 1. The molecule has 1 fully saturated rings. The fourth-order valence-electron chi connectivity index (χ4n) is 11.1. The highest BCUT2D eigenvalue weighted by atomic mass is 19.1. The maximum Gasteiger partial charge on any atom is 0.343 e. The summed E-state index contributed by atoms with van der Waals surface area (Å²) in [5.74, 6) is -8.25. The van der Waals surface area contributed by atoms with Crippen LogP contribution in [0, 0.1) is 18.7 Å². The summed E-state index contributed by atoms with van der Waals surface area (Å²) in [6.07, 6.45) is -1.19. The summed E-state index contributed by atoms with van der Waals surface area (Å²) >= 11 is 0. The van der Waals surface area contributed by atoms with Crippen LogP contribution in [0.5, 0.6) is 0 Å². The third-order valence-electron chi connectivity index (χ3n) is 15.6. The lowest BCUT2D eigenvalue weighted by Gasteiger charge is -2.31. The van der Waals surface area contributed by atoms with E-state index in [1.165, 1.54) is 17.6 Å². The number of carboxylic acids is 1. The number of aryl methyl sites for hydroxylation is 1. The van der Waals surface area contributed by atoms with E-state index in [-0.39, 0.29) is 114 Å². The number of halogens is 1.